The third-order valence-corrected chi connectivity index (χ3v) is 11.2. The van der Waals surface area contributed by atoms with Gasteiger partial charge < -0.3 is 29.4 Å². The molecular formula is C37H39FN8O3. The molecule has 2 amide bonds. The number of rotatable bonds is 7. The van der Waals surface area contributed by atoms with Crippen molar-refractivity contribution in [2.75, 3.05) is 26.7 Å². The van der Waals surface area contributed by atoms with Crippen LogP contribution < -0.4 is 10.5 Å². The molecule has 9 rings (SSSR count). The Kier molecular flexibility index (Phi) is 7.19. The third-order valence-electron chi connectivity index (χ3n) is 11.2. The summed E-state index contributed by atoms with van der Waals surface area (Å²) in [7, 11) is 1.64. The zero-order valence-corrected chi connectivity index (χ0v) is 27.5. The second kappa shape index (κ2) is 11.6. The first kappa shape index (κ1) is 30.2. The molecule has 12 heteroatoms. The van der Waals surface area contributed by atoms with Crippen LogP contribution in [0.3, 0.4) is 0 Å². The van der Waals surface area contributed by atoms with Crippen LogP contribution in [-0.4, -0.2) is 84.5 Å². The fraction of sp³-hybridized carbons (Fsp3) is 0.432. The van der Waals surface area contributed by atoms with Gasteiger partial charge >= 0.3 is 0 Å². The second-order valence-corrected chi connectivity index (χ2v) is 14.2. The van der Waals surface area contributed by atoms with Gasteiger partial charge in [-0.1, -0.05) is 0 Å². The number of hydrogen-bond acceptors (Lipinski definition) is 7. The van der Waals surface area contributed by atoms with Crippen LogP contribution in [0.5, 0.6) is 5.75 Å². The van der Waals surface area contributed by atoms with Crippen LogP contribution in [0.2, 0.25) is 0 Å². The van der Waals surface area contributed by atoms with E-state index in [9.17, 15) is 14.0 Å². The van der Waals surface area contributed by atoms with Gasteiger partial charge in [0.05, 0.1) is 18.3 Å². The van der Waals surface area contributed by atoms with E-state index in [-0.39, 0.29) is 29.9 Å². The number of carbonyl (C=O) groups excluding carboxylic acids is 2. The van der Waals surface area contributed by atoms with E-state index in [0.29, 0.717) is 66.7 Å². The van der Waals surface area contributed by atoms with E-state index in [1.54, 1.807) is 18.1 Å². The number of likely N-dealkylation sites (tertiary alicyclic amines) is 2. The lowest BCUT2D eigenvalue weighted by molar-refractivity contribution is 0.0691. The Morgan fingerprint density at radius 1 is 0.959 bits per heavy atom. The first-order chi connectivity index (χ1) is 23.9. The summed E-state index contributed by atoms with van der Waals surface area (Å²) in [5.74, 6) is 1.41. The number of pyridine rings is 2. The zero-order valence-electron chi connectivity index (χ0n) is 27.5. The summed E-state index contributed by atoms with van der Waals surface area (Å²) in [5, 5.41) is 1.05. The Hall–Kier alpha value is -4.84. The summed E-state index contributed by atoms with van der Waals surface area (Å²) in [6, 6.07) is 12.8. The van der Waals surface area contributed by atoms with E-state index in [4.69, 9.17) is 20.4 Å². The van der Waals surface area contributed by atoms with Crippen molar-refractivity contribution in [1.82, 2.24) is 33.9 Å². The molecule has 1 aromatic carbocycles. The molecule has 6 heterocycles. The van der Waals surface area contributed by atoms with Gasteiger partial charge in [-0.25, -0.2) is 15.0 Å². The highest BCUT2D eigenvalue weighted by molar-refractivity contribution is 6.00. The van der Waals surface area contributed by atoms with Crippen LogP contribution in [0.25, 0.3) is 33.6 Å². The lowest BCUT2D eigenvalue weighted by Crippen LogP contribution is -2.41. The van der Waals surface area contributed by atoms with E-state index < -0.39 is 5.95 Å². The summed E-state index contributed by atoms with van der Waals surface area (Å²) in [6.45, 7) is 2.53. The Morgan fingerprint density at radius 2 is 1.80 bits per heavy atom. The van der Waals surface area contributed by atoms with Gasteiger partial charge in [-0.05, 0) is 86.8 Å². The highest BCUT2D eigenvalue weighted by Gasteiger charge is 2.47. The van der Waals surface area contributed by atoms with E-state index in [0.717, 1.165) is 47.5 Å². The molecule has 11 nitrogen and oxygen atoms in total. The molecule has 4 aliphatic rings. The number of halogens is 1. The minimum Gasteiger partial charge on any atom is -0.494 e. The number of piperidine rings is 2. The molecule has 3 atom stereocenters. The Bertz CT molecular complexity index is 2110. The average molecular weight is 663 g/mol. The number of aromatic nitrogens is 5. The van der Waals surface area contributed by atoms with Crippen molar-refractivity contribution < 1.29 is 18.7 Å². The van der Waals surface area contributed by atoms with Crippen LogP contribution in [0.4, 0.5) is 4.39 Å². The highest BCUT2D eigenvalue weighted by Crippen LogP contribution is 2.42. The first-order valence-corrected chi connectivity index (χ1v) is 17.4. The fourth-order valence-corrected chi connectivity index (χ4v) is 8.52. The molecule has 49 heavy (non-hydrogen) atoms. The van der Waals surface area contributed by atoms with Crippen LogP contribution in [0.15, 0.2) is 54.9 Å². The number of hydrogen-bond donors (Lipinski definition) is 1. The molecule has 2 aliphatic carbocycles. The van der Waals surface area contributed by atoms with Gasteiger partial charge in [-0.3, -0.25) is 9.59 Å². The minimum absolute atomic E-state index is 0.0126. The van der Waals surface area contributed by atoms with E-state index in [1.165, 1.54) is 25.1 Å². The van der Waals surface area contributed by atoms with Crippen LogP contribution in [-0.2, 0) is 6.54 Å². The number of methoxy groups -OCH3 is 1. The van der Waals surface area contributed by atoms with Crippen LogP contribution in [0.1, 0.15) is 65.3 Å². The van der Waals surface area contributed by atoms with Crippen LogP contribution in [0, 0.1) is 17.8 Å². The molecule has 4 aromatic heterocycles. The molecule has 5 aromatic rings. The van der Waals surface area contributed by atoms with Gasteiger partial charge in [-0.15, -0.1) is 0 Å². The predicted molar refractivity (Wildman–Crippen MR) is 182 cm³/mol. The number of nitrogens with zero attached hydrogens (tertiary/aromatic N) is 7. The Labute approximate surface area is 282 Å². The standard InChI is InChI=1S/C37H39FN8O3/c1-49-30-17-25(37(48)45-20-24-6-7-28(45)32(24)39)15-27-33(30)46(26-9-13-43(14-10-26)36(47)23-8-12-40-31(38)18-23)35(42-27)29-16-22-3-2-11-41-34(22)44(29)19-21-4-5-21/h2-3,8,11-12,15-18,21,24,26,28,32H,4-7,9-10,13-14,19-20,39H2,1H3/t24-,28-,32-/m1/s1. The number of imidazole rings is 1. The van der Waals surface area contributed by atoms with Gasteiger partial charge in [0, 0.05) is 79.3 Å². The maximum absolute atomic E-state index is 14.0. The topological polar surface area (TPSA) is 124 Å². The largest absolute Gasteiger partial charge is 0.494 e. The van der Waals surface area contributed by atoms with Gasteiger partial charge in [0.15, 0.2) is 5.82 Å². The zero-order chi connectivity index (χ0) is 33.4. The van der Waals surface area contributed by atoms with Gasteiger partial charge in [0.1, 0.15) is 16.9 Å². The molecule has 252 valence electrons. The van der Waals surface area contributed by atoms with Crippen LogP contribution >= 0.6 is 0 Å². The van der Waals surface area contributed by atoms with Crippen molar-refractivity contribution in [3.05, 3.63) is 71.9 Å². The smallest absolute Gasteiger partial charge is 0.254 e. The quantitative estimate of drug-likeness (QED) is 0.242. The highest BCUT2D eigenvalue weighted by atomic mass is 19.1. The minimum atomic E-state index is -0.670. The first-order valence-electron chi connectivity index (χ1n) is 17.4. The van der Waals surface area contributed by atoms with E-state index in [2.05, 4.69) is 26.3 Å². The Balaban J connectivity index is 1.14. The maximum Gasteiger partial charge on any atom is 0.254 e. The lowest BCUT2D eigenvalue weighted by atomic mass is 10.0. The SMILES string of the molecule is COc1cc(C(=O)N2C[C@H]3CC[C@@H]2[C@@H]3N)cc2nc(-c3cc4cccnc4n3CC3CC3)n(C3CCN(C(=O)c4ccnc(F)c4)CC3)c12. The normalized spacial score (nSPS) is 22.5. The molecule has 2 saturated carbocycles. The molecule has 2 aliphatic heterocycles. The van der Waals surface area contributed by atoms with E-state index >= 15 is 0 Å². The molecule has 0 radical (unpaired) electrons. The monoisotopic (exact) mass is 662 g/mol. The molecule has 0 unspecified atom stereocenters. The van der Waals surface area contributed by atoms with Crippen molar-refractivity contribution in [2.45, 2.75) is 63.2 Å². The van der Waals surface area contributed by atoms with Crippen molar-refractivity contribution in [2.24, 2.45) is 17.6 Å². The number of carbonyl (C=O) groups is 2. The summed E-state index contributed by atoms with van der Waals surface area (Å²) < 4.78 is 24.5. The molecule has 0 spiro atoms. The number of fused-ring (bicyclic) bond motifs is 4. The van der Waals surface area contributed by atoms with Crippen molar-refractivity contribution in [1.29, 1.82) is 0 Å². The number of nitrogens with two attached hydrogens (primary N) is 1. The molecule has 2 saturated heterocycles. The predicted octanol–water partition coefficient (Wildman–Crippen LogP) is 5.04. The summed E-state index contributed by atoms with van der Waals surface area (Å²) >= 11 is 0. The molecule has 2 N–H and O–H groups in total. The molecular weight excluding hydrogens is 623 g/mol. The summed E-state index contributed by atoms with van der Waals surface area (Å²) in [5.41, 5.74) is 10.7. The molecule has 4 fully saturated rings. The van der Waals surface area contributed by atoms with Crippen molar-refractivity contribution >= 4 is 33.9 Å². The number of ether oxygens (including phenoxy) is 1. The number of benzene rings is 1. The maximum atomic E-state index is 14.0. The Morgan fingerprint density at radius 3 is 2.51 bits per heavy atom. The van der Waals surface area contributed by atoms with Gasteiger partial charge in [0.2, 0.25) is 5.95 Å². The third kappa shape index (κ3) is 5.06. The summed E-state index contributed by atoms with van der Waals surface area (Å²) in [6.07, 6.45) is 8.87. The van der Waals surface area contributed by atoms with Crippen molar-refractivity contribution in [3.8, 4) is 17.3 Å². The molecule has 2 bridgehead atoms. The lowest BCUT2D eigenvalue weighted by Gasteiger charge is -2.34. The van der Waals surface area contributed by atoms with Gasteiger partial charge in [0.25, 0.3) is 11.8 Å². The second-order valence-electron chi connectivity index (χ2n) is 14.2. The summed E-state index contributed by atoms with van der Waals surface area (Å²) in [4.78, 5) is 44.7. The van der Waals surface area contributed by atoms with Gasteiger partial charge in [-0.2, -0.15) is 4.39 Å². The average Bonchev–Trinajstić information content (AvgIpc) is 3.46. The number of amides is 2. The van der Waals surface area contributed by atoms with Crippen molar-refractivity contribution in [3.63, 3.8) is 0 Å². The van der Waals surface area contributed by atoms with E-state index in [1.807, 2.05) is 29.3 Å². The fourth-order valence-electron chi connectivity index (χ4n) is 8.52.